The van der Waals surface area contributed by atoms with Gasteiger partial charge in [-0.3, -0.25) is 14.9 Å². The Balaban J connectivity index is 2.25. The van der Waals surface area contributed by atoms with Crippen LogP contribution in [0.1, 0.15) is 45.6 Å². The van der Waals surface area contributed by atoms with Gasteiger partial charge in [0, 0.05) is 11.6 Å². The lowest BCUT2D eigenvalue weighted by atomic mass is 9.96. The van der Waals surface area contributed by atoms with Gasteiger partial charge in [0.05, 0.1) is 11.0 Å². The number of amides is 1. The van der Waals surface area contributed by atoms with E-state index in [1.807, 2.05) is 27.7 Å². The van der Waals surface area contributed by atoms with Crippen LogP contribution in [-0.4, -0.2) is 10.8 Å². The van der Waals surface area contributed by atoms with Crippen molar-refractivity contribution in [1.29, 1.82) is 0 Å². The van der Waals surface area contributed by atoms with Gasteiger partial charge in [0.15, 0.2) is 0 Å². The first-order chi connectivity index (χ1) is 11.2. The SMILES string of the molecule is Cc1cc(C)c(C(C)NC(=O)c2ccc(Cl)c([N+](=O)[O-])c2)cc1C. The molecule has 126 valence electrons. The van der Waals surface area contributed by atoms with Crippen LogP contribution in [0.25, 0.3) is 0 Å². The van der Waals surface area contributed by atoms with Gasteiger partial charge >= 0.3 is 0 Å². The van der Waals surface area contributed by atoms with E-state index in [0.717, 1.165) is 16.7 Å². The van der Waals surface area contributed by atoms with Crippen molar-refractivity contribution in [3.05, 3.63) is 73.3 Å². The molecule has 5 nitrogen and oxygen atoms in total. The highest BCUT2D eigenvalue weighted by Crippen LogP contribution is 2.26. The van der Waals surface area contributed by atoms with Crippen molar-refractivity contribution in [3.8, 4) is 0 Å². The number of carbonyl (C=O) groups excluding carboxylic acids is 1. The minimum Gasteiger partial charge on any atom is -0.346 e. The Morgan fingerprint density at radius 2 is 1.75 bits per heavy atom. The average Bonchev–Trinajstić information content (AvgIpc) is 2.50. The van der Waals surface area contributed by atoms with Crippen LogP contribution >= 0.6 is 11.6 Å². The molecule has 2 aromatic carbocycles. The zero-order valence-electron chi connectivity index (χ0n) is 14.0. The predicted molar refractivity (Wildman–Crippen MR) is 94.6 cm³/mol. The van der Waals surface area contributed by atoms with Crippen LogP contribution in [0.15, 0.2) is 30.3 Å². The van der Waals surface area contributed by atoms with Crippen molar-refractivity contribution in [2.24, 2.45) is 0 Å². The number of hydrogen-bond acceptors (Lipinski definition) is 3. The second kappa shape index (κ2) is 7.01. The van der Waals surface area contributed by atoms with Gasteiger partial charge in [-0.15, -0.1) is 0 Å². The van der Waals surface area contributed by atoms with Gasteiger partial charge in [0.25, 0.3) is 11.6 Å². The highest BCUT2D eigenvalue weighted by Gasteiger charge is 2.18. The third-order valence-electron chi connectivity index (χ3n) is 4.10. The Labute approximate surface area is 145 Å². The molecule has 1 unspecified atom stereocenters. The molecule has 0 aliphatic heterocycles. The fourth-order valence-electron chi connectivity index (χ4n) is 2.60. The Hall–Kier alpha value is -2.40. The summed E-state index contributed by atoms with van der Waals surface area (Å²) < 4.78 is 0. The highest BCUT2D eigenvalue weighted by molar-refractivity contribution is 6.32. The van der Waals surface area contributed by atoms with E-state index >= 15 is 0 Å². The zero-order chi connectivity index (χ0) is 18.0. The molecule has 0 radical (unpaired) electrons. The summed E-state index contributed by atoms with van der Waals surface area (Å²) in [7, 11) is 0. The van der Waals surface area contributed by atoms with Crippen LogP contribution in [-0.2, 0) is 0 Å². The summed E-state index contributed by atoms with van der Waals surface area (Å²) in [6.07, 6.45) is 0. The summed E-state index contributed by atoms with van der Waals surface area (Å²) in [4.78, 5) is 22.7. The van der Waals surface area contributed by atoms with E-state index in [-0.39, 0.29) is 28.2 Å². The van der Waals surface area contributed by atoms with Crippen molar-refractivity contribution in [2.45, 2.75) is 33.7 Å². The Bertz CT molecular complexity index is 818. The van der Waals surface area contributed by atoms with E-state index in [1.165, 1.54) is 23.8 Å². The lowest BCUT2D eigenvalue weighted by Crippen LogP contribution is -2.27. The van der Waals surface area contributed by atoms with Crippen molar-refractivity contribution >= 4 is 23.2 Å². The highest BCUT2D eigenvalue weighted by atomic mass is 35.5. The molecular formula is C18H19ClN2O3. The maximum atomic E-state index is 12.4. The number of carbonyl (C=O) groups is 1. The Kier molecular flexibility index (Phi) is 5.24. The number of halogens is 1. The maximum absolute atomic E-state index is 12.4. The molecule has 0 spiro atoms. The first-order valence-electron chi connectivity index (χ1n) is 7.53. The average molecular weight is 347 g/mol. The number of rotatable bonds is 4. The number of nitro groups is 1. The smallest absolute Gasteiger partial charge is 0.288 e. The second-order valence-electron chi connectivity index (χ2n) is 5.91. The van der Waals surface area contributed by atoms with E-state index in [0.29, 0.717) is 0 Å². The van der Waals surface area contributed by atoms with Gasteiger partial charge < -0.3 is 5.32 Å². The first kappa shape index (κ1) is 17.9. The van der Waals surface area contributed by atoms with E-state index in [9.17, 15) is 14.9 Å². The van der Waals surface area contributed by atoms with Gasteiger partial charge in [-0.05, 0) is 62.1 Å². The summed E-state index contributed by atoms with van der Waals surface area (Å²) in [5.41, 5.74) is 4.39. The third-order valence-corrected chi connectivity index (χ3v) is 4.42. The number of hydrogen-bond donors (Lipinski definition) is 1. The normalized spacial score (nSPS) is 11.9. The van der Waals surface area contributed by atoms with Crippen LogP contribution < -0.4 is 5.32 Å². The Morgan fingerprint density at radius 3 is 2.38 bits per heavy atom. The quantitative estimate of drug-likeness (QED) is 0.646. The van der Waals surface area contributed by atoms with Crippen LogP contribution in [0.4, 0.5) is 5.69 Å². The molecular weight excluding hydrogens is 328 g/mol. The summed E-state index contributed by atoms with van der Waals surface area (Å²) in [5.74, 6) is -0.375. The van der Waals surface area contributed by atoms with Crippen LogP contribution in [0.2, 0.25) is 5.02 Å². The van der Waals surface area contributed by atoms with Crippen LogP contribution in [0.3, 0.4) is 0 Å². The number of aryl methyl sites for hydroxylation is 3. The molecule has 0 aliphatic rings. The summed E-state index contributed by atoms with van der Waals surface area (Å²) in [5, 5.41) is 13.8. The topological polar surface area (TPSA) is 72.2 Å². The van der Waals surface area contributed by atoms with Gasteiger partial charge in [-0.2, -0.15) is 0 Å². The monoisotopic (exact) mass is 346 g/mol. The zero-order valence-corrected chi connectivity index (χ0v) is 14.8. The molecule has 0 bridgehead atoms. The van der Waals surface area contributed by atoms with E-state index in [4.69, 9.17) is 11.6 Å². The van der Waals surface area contributed by atoms with Crippen molar-refractivity contribution < 1.29 is 9.72 Å². The van der Waals surface area contributed by atoms with Gasteiger partial charge in [0.1, 0.15) is 5.02 Å². The fraction of sp³-hybridized carbons (Fsp3) is 0.278. The standard InChI is InChI=1S/C18H19ClN2O3/c1-10-7-12(3)15(8-11(10)2)13(4)20-18(22)14-5-6-16(19)17(9-14)21(23)24/h5-9,13H,1-4H3,(H,20,22). The molecule has 0 saturated heterocycles. The lowest BCUT2D eigenvalue weighted by Gasteiger charge is -2.18. The van der Waals surface area contributed by atoms with E-state index < -0.39 is 4.92 Å². The molecule has 1 amide bonds. The summed E-state index contributed by atoms with van der Waals surface area (Å²) in [6.45, 7) is 7.95. The minimum atomic E-state index is -0.601. The first-order valence-corrected chi connectivity index (χ1v) is 7.91. The van der Waals surface area contributed by atoms with Crippen molar-refractivity contribution in [3.63, 3.8) is 0 Å². The van der Waals surface area contributed by atoms with Crippen molar-refractivity contribution in [2.75, 3.05) is 0 Å². The minimum absolute atomic E-state index is 0.00889. The molecule has 2 rings (SSSR count). The number of nitrogens with one attached hydrogen (secondary N) is 1. The van der Waals surface area contributed by atoms with Gasteiger partial charge in [-0.1, -0.05) is 23.7 Å². The molecule has 0 saturated carbocycles. The van der Waals surface area contributed by atoms with Crippen LogP contribution in [0, 0.1) is 30.9 Å². The number of nitrogens with zero attached hydrogens (tertiary/aromatic N) is 1. The molecule has 0 aliphatic carbocycles. The molecule has 0 aromatic heterocycles. The summed E-state index contributed by atoms with van der Waals surface area (Å²) >= 11 is 5.78. The molecule has 6 heteroatoms. The van der Waals surface area contributed by atoms with Crippen molar-refractivity contribution in [1.82, 2.24) is 5.32 Å². The van der Waals surface area contributed by atoms with E-state index in [1.54, 1.807) is 0 Å². The molecule has 2 aromatic rings. The van der Waals surface area contributed by atoms with Gasteiger partial charge in [-0.25, -0.2) is 0 Å². The second-order valence-corrected chi connectivity index (χ2v) is 6.32. The fourth-order valence-corrected chi connectivity index (χ4v) is 2.79. The lowest BCUT2D eigenvalue weighted by molar-refractivity contribution is -0.384. The predicted octanol–water partition coefficient (Wildman–Crippen LogP) is 4.66. The van der Waals surface area contributed by atoms with Gasteiger partial charge in [0.2, 0.25) is 0 Å². The molecule has 0 fully saturated rings. The summed E-state index contributed by atoms with van der Waals surface area (Å²) in [6, 6.07) is 7.95. The van der Waals surface area contributed by atoms with E-state index in [2.05, 4.69) is 17.4 Å². The Morgan fingerprint density at radius 1 is 1.12 bits per heavy atom. The third kappa shape index (κ3) is 3.74. The molecule has 1 N–H and O–H groups in total. The largest absolute Gasteiger partial charge is 0.346 e. The van der Waals surface area contributed by atoms with Crippen LogP contribution in [0.5, 0.6) is 0 Å². The number of nitro benzene ring substituents is 1. The number of benzene rings is 2. The molecule has 1 atom stereocenters. The molecule has 24 heavy (non-hydrogen) atoms. The maximum Gasteiger partial charge on any atom is 0.288 e. The molecule has 0 heterocycles.